The Morgan fingerprint density at radius 3 is 2.53 bits per heavy atom. The van der Waals surface area contributed by atoms with Crippen LogP contribution in [0.4, 0.5) is 0 Å². The fourth-order valence-electron chi connectivity index (χ4n) is 1.89. The third-order valence-corrected chi connectivity index (χ3v) is 3.64. The number of benzene rings is 1. The van der Waals surface area contributed by atoms with Crippen LogP contribution in [0.3, 0.4) is 0 Å². The van der Waals surface area contributed by atoms with E-state index in [-0.39, 0.29) is 0 Å². The van der Waals surface area contributed by atoms with Gasteiger partial charge in [-0.05, 0) is 30.0 Å². The van der Waals surface area contributed by atoms with Crippen molar-refractivity contribution in [1.29, 1.82) is 0 Å². The normalized spacial score (nSPS) is 21.8. The third-order valence-electron chi connectivity index (χ3n) is 2.77. The van der Waals surface area contributed by atoms with Gasteiger partial charge in [-0.2, -0.15) is 0 Å². The third kappa shape index (κ3) is 2.49. The highest BCUT2D eigenvalue weighted by molar-refractivity contribution is 14.1. The van der Waals surface area contributed by atoms with Crippen LogP contribution in [0.15, 0.2) is 24.3 Å². The topological polar surface area (TPSA) is 40.5 Å². The first-order valence-electron chi connectivity index (χ1n) is 4.91. The maximum Gasteiger partial charge on any atom is 0.335 e. The Morgan fingerprint density at radius 2 is 2.07 bits per heavy atom. The Labute approximate surface area is 103 Å². The van der Waals surface area contributed by atoms with Gasteiger partial charge in [0.15, 0.2) is 0 Å². The summed E-state index contributed by atoms with van der Waals surface area (Å²) in [6, 6.07) is 7.24. The van der Waals surface area contributed by atoms with E-state index in [0.29, 0.717) is 11.5 Å². The maximum absolute atomic E-state index is 10.7. The molecule has 3 nitrogen and oxygen atoms in total. The lowest BCUT2D eigenvalue weighted by Gasteiger charge is -2.09. The average Bonchev–Trinajstić information content (AvgIpc) is 2.65. The van der Waals surface area contributed by atoms with Crippen molar-refractivity contribution >= 4 is 28.8 Å². The quantitative estimate of drug-likeness (QED) is 0.673. The van der Waals surface area contributed by atoms with Gasteiger partial charge in [0.1, 0.15) is 0 Å². The highest BCUT2D eigenvalue weighted by Crippen LogP contribution is 2.28. The predicted molar refractivity (Wildman–Crippen MR) is 66.4 cm³/mol. The molecule has 0 amide bonds. The van der Waals surface area contributed by atoms with Gasteiger partial charge in [-0.15, -0.1) is 0 Å². The van der Waals surface area contributed by atoms with Gasteiger partial charge < -0.3 is 5.11 Å². The summed E-state index contributed by atoms with van der Waals surface area (Å²) in [5, 5.41) is 8.77. The van der Waals surface area contributed by atoms with E-state index in [1.165, 1.54) is 5.56 Å². The summed E-state index contributed by atoms with van der Waals surface area (Å²) in [4.78, 5) is 10.7. The van der Waals surface area contributed by atoms with Crippen molar-refractivity contribution in [1.82, 2.24) is 3.11 Å². The number of hydrogen-bond acceptors (Lipinski definition) is 2. The van der Waals surface area contributed by atoms with E-state index in [0.717, 1.165) is 19.5 Å². The van der Waals surface area contributed by atoms with Crippen LogP contribution in [0.5, 0.6) is 0 Å². The Bertz CT molecular complexity index is 363. The molecule has 0 aliphatic carbocycles. The van der Waals surface area contributed by atoms with Crippen LogP contribution in [0, 0.1) is 0 Å². The Kier molecular flexibility index (Phi) is 3.25. The lowest BCUT2D eigenvalue weighted by atomic mass is 9.97. The molecule has 0 spiro atoms. The molecule has 0 bridgehead atoms. The van der Waals surface area contributed by atoms with Crippen molar-refractivity contribution in [3.63, 3.8) is 0 Å². The first-order chi connectivity index (χ1) is 7.16. The molecule has 1 aliphatic rings. The molecule has 15 heavy (non-hydrogen) atoms. The van der Waals surface area contributed by atoms with Gasteiger partial charge in [-0.25, -0.2) is 7.91 Å². The summed E-state index contributed by atoms with van der Waals surface area (Å²) in [5.41, 5.74) is 1.61. The predicted octanol–water partition coefficient (Wildman–Crippen LogP) is 2.52. The first-order valence-corrected chi connectivity index (χ1v) is 5.87. The number of carbonyl (C=O) groups is 1. The number of carboxylic acid groups (broad SMARTS) is 1. The summed E-state index contributed by atoms with van der Waals surface area (Å²) in [6.45, 7) is 2.18. The molecule has 2 rings (SSSR count). The zero-order valence-corrected chi connectivity index (χ0v) is 10.3. The molecule has 1 aromatic carbocycles. The van der Waals surface area contributed by atoms with Crippen molar-refractivity contribution in [2.24, 2.45) is 0 Å². The number of aromatic carboxylic acids is 1. The second kappa shape index (κ2) is 4.49. The second-order valence-corrected chi connectivity index (χ2v) is 5.15. The van der Waals surface area contributed by atoms with Gasteiger partial charge in [-0.3, -0.25) is 0 Å². The van der Waals surface area contributed by atoms with Crippen LogP contribution in [-0.2, 0) is 0 Å². The van der Waals surface area contributed by atoms with E-state index in [1.807, 2.05) is 12.1 Å². The van der Waals surface area contributed by atoms with Gasteiger partial charge >= 0.3 is 5.97 Å². The SMILES string of the molecule is O=C(O)c1ccc(C2CCN(I)C2)cc1. The first kappa shape index (κ1) is 10.9. The number of nitrogens with zero attached hydrogens (tertiary/aromatic N) is 1. The summed E-state index contributed by atoms with van der Waals surface area (Å²) in [6.07, 6.45) is 1.16. The molecule has 1 fully saturated rings. The molecule has 1 N–H and O–H groups in total. The molecular formula is C11H12INO2. The summed E-state index contributed by atoms with van der Waals surface area (Å²) in [5.74, 6) is -0.298. The molecule has 4 heteroatoms. The summed E-state index contributed by atoms with van der Waals surface area (Å²) < 4.78 is 2.27. The fourth-order valence-corrected chi connectivity index (χ4v) is 2.64. The standard InChI is InChI=1S/C11H12INO2/c12-13-6-5-10(7-13)8-1-3-9(4-2-8)11(14)15/h1-4,10H,5-7H2,(H,14,15). The lowest BCUT2D eigenvalue weighted by molar-refractivity contribution is 0.0697. The number of hydrogen-bond donors (Lipinski definition) is 1. The largest absolute Gasteiger partial charge is 0.478 e. The Morgan fingerprint density at radius 1 is 1.40 bits per heavy atom. The van der Waals surface area contributed by atoms with E-state index in [1.54, 1.807) is 12.1 Å². The molecule has 0 radical (unpaired) electrons. The smallest absolute Gasteiger partial charge is 0.335 e. The summed E-state index contributed by atoms with van der Waals surface area (Å²) in [7, 11) is 0. The van der Waals surface area contributed by atoms with Crippen LogP contribution in [-0.4, -0.2) is 27.3 Å². The van der Waals surface area contributed by atoms with Gasteiger partial charge in [0.05, 0.1) is 5.56 Å². The molecule has 1 heterocycles. The van der Waals surface area contributed by atoms with Gasteiger partial charge in [-0.1, -0.05) is 12.1 Å². The van der Waals surface area contributed by atoms with E-state index in [4.69, 9.17) is 5.11 Å². The number of carboxylic acids is 1. The molecule has 0 saturated carbocycles. The molecule has 80 valence electrons. The molecule has 1 atom stereocenters. The van der Waals surface area contributed by atoms with Gasteiger partial charge in [0.2, 0.25) is 0 Å². The lowest BCUT2D eigenvalue weighted by Crippen LogP contribution is -2.06. The molecular weight excluding hydrogens is 305 g/mol. The highest BCUT2D eigenvalue weighted by Gasteiger charge is 2.21. The van der Waals surface area contributed by atoms with Crippen LogP contribution >= 0.6 is 22.9 Å². The average molecular weight is 317 g/mol. The van der Waals surface area contributed by atoms with Crippen LogP contribution in [0.1, 0.15) is 28.3 Å². The van der Waals surface area contributed by atoms with E-state index in [9.17, 15) is 4.79 Å². The van der Waals surface area contributed by atoms with Crippen molar-refractivity contribution in [2.75, 3.05) is 13.1 Å². The van der Waals surface area contributed by atoms with Crippen LogP contribution in [0.2, 0.25) is 0 Å². The van der Waals surface area contributed by atoms with E-state index in [2.05, 4.69) is 26.0 Å². The Balaban J connectivity index is 2.13. The van der Waals surface area contributed by atoms with E-state index >= 15 is 0 Å². The second-order valence-electron chi connectivity index (χ2n) is 3.78. The zero-order valence-electron chi connectivity index (χ0n) is 8.19. The summed E-state index contributed by atoms with van der Waals surface area (Å²) >= 11 is 2.33. The minimum atomic E-state index is -0.858. The zero-order chi connectivity index (χ0) is 10.8. The van der Waals surface area contributed by atoms with Gasteiger partial charge in [0.25, 0.3) is 0 Å². The van der Waals surface area contributed by atoms with Gasteiger partial charge in [0, 0.05) is 36.0 Å². The minimum absolute atomic E-state index is 0.364. The van der Waals surface area contributed by atoms with Crippen molar-refractivity contribution in [3.8, 4) is 0 Å². The number of rotatable bonds is 2. The van der Waals surface area contributed by atoms with Crippen LogP contribution < -0.4 is 0 Å². The molecule has 0 aromatic heterocycles. The minimum Gasteiger partial charge on any atom is -0.478 e. The maximum atomic E-state index is 10.7. The monoisotopic (exact) mass is 317 g/mol. The number of halogens is 1. The molecule has 1 unspecified atom stereocenters. The van der Waals surface area contributed by atoms with Crippen molar-refractivity contribution in [3.05, 3.63) is 35.4 Å². The van der Waals surface area contributed by atoms with Crippen molar-refractivity contribution < 1.29 is 9.90 Å². The highest BCUT2D eigenvalue weighted by atomic mass is 127. The molecule has 1 aliphatic heterocycles. The van der Waals surface area contributed by atoms with E-state index < -0.39 is 5.97 Å². The van der Waals surface area contributed by atoms with Crippen LogP contribution in [0.25, 0.3) is 0 Å². The fraction of sp³-hybridized carbons (Fsp3) is 0.364. The molecule has 1 aromatic rings. The Hall–Kier alpha value is -0.620. The van der Waals surface area contributed by atoms with Crippen molar-refractivity contribution in [2.45, 2.75) is 12.3 Å². The molecule has 1 saturated heterocycles.